The van der Waals surface area contributed by atoms with Crippen molar-refractivity contribution in [2.45, 2.75) is 45.4 Å². The molecule has 2 nitrogen and oxygen atoms in total. The Bertz CT molecular complexity index is 314. The van der Waals surface area contributed by atoms with Crippen molar-refractivity contribution in [1.29, 1.82) is 0 Å². The number of carboxylic acid groups (broad SMARTS) is 1. The van der Waals surface area contributed by atoms with Crippen LogP contribution < -0.4 is 0 Å². The summed E-state index contributed by atoms with van der Waals surface area (Å²) in [6.45, 7) is 2.21. The third-order valence-corrected chi connectivity index (χ3v) is 2.77. The van der Waals surface area contributed by atoms with E-state index in [9.17, 15) is 4.79 Å². The normalized spacial score (nSPS) is 10.3. The van der Waals surface area contributed by atoms with Crippen LogP contribution in [0.1, 0.15) is 54.9 Å². The number of aromatic carboxylic acids is 1. The largest absolute Gasteiger partial charge is 0.478 e. The van der Waals surface area contributed by atoms with Gasteiger partial charge in [-0.2, -0.15) is 0 Å². The van der Waals surface area contributed by atoms with Crippen LogP contribution in [0, 0.1) is 0 Å². The molecule has 0 spiro atoms. The van der Waals surface area contributed by atoms with Gasteiger partial charge in [0.05, 0.1) is 5.56 Å². The molecule has 0 aliphatic carbocycles. The molecule has 88 valence electrons. The summed E-state index contributed by atoms with van der Waals surface area (Å²) < 4.78 is 0. The van der Waals surface area contributed by atoms with Gasteiger partial charge >= 0.3 is 5.97 Å². The molecular weight excluding hydrogens is 200 g/mol. The predicted octanol–water partition coefficient (Wildman–Crippen LogP) is 3.90. The third-order valence-electron chi connectivity index (χ3n) is 2.77. The molecule has 0 aromatic heterocycles. The summed E-state index contributed by atoms with van der Waals surface area (Å²) in [5, 5.41) is 8.75. The fourth-order valence-electron chi connectivity index (χ4n) is 1.75. The maximum Gasteiger partial charge on any atom is 0.335 e. The first-order valence-electron chi connectivity index (χ1n) is 6.06. The number of hydrogen-bond acceptors (Lipinski definition) is 1. The first-order valence-corrected chi connectivity index (χ1v) is 6.06. The molecule has 0 unspecified atom stereocenters. The third kappa shape index (κ3) is 4.47. The quantitative estimate of drug-likeness (QED) is 0.708. The first kappa shape index (κ1) is 12.8. The van der Waals surface area contributed by atoms with Gasteiger partial charge < -0.3 is 5.11 Å². The fraction of sp³-hybridized carbons (Fsp3) is 0.500. The highest BCUT2D eigenvalue weighted by atomic mass is 16.4. The number of carboxylic acids is 1. The molecule has 0 aliphatic heterocycles. The van der Waals surface area contributed by atoms with Crippen molar-refractivity contribution in [3.63, 3.8) is 0 Å². The van der Waals surface area contributed by atoms with E-state index in [0.717, 1.165) is 6.42 Å². The van der Waals surface area contributed by atoms with Crippen molar-refractivity contribution in [1.82, 2.24) is 0 Å². The Morgan fingerprint density at radius 2 is 1.69 bits per heavy atom. The van der Waals surface area contributed by atoms with E-state index in [1.54, 1.807) is 12.1 Å². The van der Waals surface area contributed by atoms with Crippen molar-refractivity contribution >= 4 is 5.97 Å². The van der Waals surface area contributed by atoms with Gasteiger partial charge in [0.2, 0.25) is 0 Å². The highest BCUT2D eigenvalue weighted by Gasteiger charge is 2.01. The monoisotopic (exact) mass is 220 g/mol. The zero-order valence-electron chi connectivity index (χ0n) is 9.91. The number of benzene rings is 1. The van der Waals surface area contributed by atoms with E-state index in [1.165, 1.54) is 37.7 Å². The van der Waals surface area contributed by atoms with Crippen LogP contribution in [0.2, 0.25) is 0 Å². The van der Waals surface area contributed by atoms with E-state index >= 15 is 0 Å². The summed E-state index contributed by atoms with van der Waals surface area (Å²) in [5.74, 6) is -0.852. The fourth-order valence-corrected chi connectivity index (χ4v) is 1.75. The predicted molar refractivity (Wildman–Crippen MR) is 65.9 cm³/mol. The maximum atomic E-state index is 10.6. The molecule has 2 heteroatoms. The Balaban J connectivity index is 2.29. The van der Waals surface area contributed by atoms with Crippen LogP contribution in [0.3, 0.4) is 0 Å². The lowest BCUT2D eigenvalue weighted by Gasteiger charge is -2.02. The zero-order chi connectivity index (χ0) is 11.8. The van der Waals surface area contributed by atoms with Crippen molar-refractivity contribution in [2.24, 2.45) is 0 Å². The summed E-state index contributed by atoms with van der Waals surface area (Å²) in [5.41, 5.74) is 1.61. The second-order valence-corrected chi connectivity index (χ2v) is 4.17. The molecular formula is C14H20O2. The summed E-state index contributed by atoms with van der Waals surface area (Å²) in [6.07, 6.45) is 7.43. The SMILES string of the molecule is CCCCCCCc1ccc(C(=O)O)cc1. The standard InChI is InChI=1S/C14H20O2/c1-2-3-4-5-6-7-12-8-10-13(11-9-12)14(15)16/h8-11H,2-7H2,1H3,(H,15,16). The van der Waals surface area contributed by atoms with Gasteiger partial charge in [0.1, 0.15) is 0 Å². The molecule has 0 heterocycles. The zero-order valence-corrected chi connectivity index (χ0v) is 9.91. The minimum Gasteiger partial charge on any atom is -0.478 e. The lowest BCUT2D eigenvalue weighted by atomic mass is 10.0. The average Bonchev–Trinajstić information content (AvgIpc) is 2.29. The van der Waals surface area contributed by atoms with Gasteiger partial charge in [0.25, 0.3) is 0 Å². The van der Waals surface area contributed by atoms with Gasteiger partial charge in [-0.25, -0.2) is 4.79 Å². The molecule has 1 aromatic carbocycles. The minimum atomic E-state index is -0.852. The second kappa shape index (κ2) is 7.04. The average molecular weight is 220 g/mol. The molecule has 0 fully saturated rings. The lowest BCUT2D eigenvalue weighted by Crippen LogP contribution is -1.96. The lowest BCUT2D eigenvalue weighted by molar-refractivity contribution is 0.0697. The highest BCUT2D eigenvalue weighted by Crippen LogP contribution is 2.10. The summed E-state index contributed by atoms with van der Waals surface area (Å²) in [4.78, 5) is 10.6. The number of rotatable bonds is 7. The molecule has 16 heavy (non-hydrogen) atoms. The van der Waals surface area contributed by atoms with Crippen LogP contribution in [0.4, 0.5) is 0 Å². The van der Waals surface area contributed by atoms with Crippen molar-refractivity contribution in [3.05, 3.63) is 35.4 Å². The Labute approximate surface area is 97.3 Å². The van der Waals surface area contributed by atoms with Crippen molar-refractivity contribution in [2.75, 3.05) is 0 Å². The second-order valence-electron chi connectivity index (χ2n) is 4.17. The topological polar surface area (TPSA) is 37.3 Å². The summed E-state index contributed by atoms with van der Waals surface area (Å²) in [6, 6.07) is 7.21. The van der Waals surface area contributed by atoms with Crippen LogP contribution in [-0.2, 0) is 6.42 Å². The molecule has 0 aliphatic rings. The molecule has 0 amide bonds. The van der Waals surface area contributed by atoms with Gasteiger partial charge in [-0.1, -0.05) is 44.7 Å². The first-order chi connectivity index (χ1) is 7.74. The van der Waals surface area contributed by atoms with Crippen molar-refractivity contribution in [3.8, 4) is 0 Å². The number of hydrogen-bond donors (Lipinski definition) is 1. The maximum absolute atomic E-state index is 10.6. The molecule has 0 bridgehead atoms. The molecule has 0 radical (unpaired) electrons. The van der Waals surface area contributed by atoms with Crippen LogP contribution in [0.15, 0.2) is 24.3 Å². The van der Waals surface area contributed by atoms with Crippen molar-refractivity contribution < 1.29 is 9.90 Å². The molecule has 0 atom stereocenters. The Morgan fingerprint density at radius 3 is 2.25 bits per heavy atom. The smallest absolute Gasteiger partial charge is 0.335 e. The van der Waals surface area contributed by atoms with Gasteiger partial charge in [0, 0.05) is 0 Å². The van der Waals surface area contributed by atoms with Gasteiger partial charge in [-0.3, -0.25) is 0 Å². The highest BCUT2D eigenvalue weighted by molar-refractivity contribution is 5.87. The Morgan fingerprint density at radius 1 is 1.06 bits per heavy atom. The minimum absolute atomic E-state index is 0.370. The molecule has 1 rings (SSSR count). The number of carbonyl (C=O) groups is 1. The molecule has 0 saturated carbocycles. The van der Waals surface area contributed by atoms with Crippen LogP contribution in [0.25, 0.3) is 0 Å². The van der Waals surface area contributed by atoms with E-state index in [-0.39, 0.29) is 0 Å². The van der Waals surface area contributed by atoms with Gasteiger partial charge in [-0.05, 0) is 30.5 Å². The Hall–Kier alpha value is -1.31. The Kier molecular flexibility index (Phi) is 5.62. The van der Waals surface area contributed by atoms with E-state index in [1.807, 2.05) is 12.1 Å². The van der Waals surface area contributed by atoms with E-state index in [4.69, 9.17) is 5.11 Å². The molecule has 1 aromatic rings. The van der Waals surface area contributed by atoms with Crippen LogP contribution in [-0.4, -0.2) is 11.1 Å². The van der Waals surface area contributed by atoms with E-state index in [0.29, 0.717) is 5.56 Å². The van der Waals surface area contributed by atoms with Crippen LogP contribution in [0.5, 0.6) is 0 Å². The van der Waals surface area contributed by atoms with Crippen LogP contribution >= 0.6 is 0 Å². The van der Waals surface area contributed by atoms with E-state index in [2.05, 4.69) is 6.92 Å². The van der Waals surface area contributed by atoms with Gasteiger partial charge in [0.15, 0.2) is 0 Å². The summed E-state index contributed by atoms with van der Waals surface area (Å²) in [7, 11) is 0. The number of unbranched alkanes of at least 4 members (excludes halogenated alkanes) is 4. The number of aryl methyl sites for hydroxylation is 1. The van der Waals surface area contributed by atoms with Gasteiger partial charge in [-0.15, -0.1) is 0 Å². The summed E-state index contributed by atoms with van der Waals surface area (Å²) >= 11 is 0. The molecule has 1 N–H and O–H groups in total. The van der Waals surface area contributed by atoms with E-state index < -0.39 is 5.97 Å². The molecule has 0 saturated heterocycles.